The van der Waals surface area contributed by atoms with Crippen LogP contribution in [0.3, 0.4) is 0 Å². The van der Waals surface area contributed by atoms with Crippen molar-refractivity contribution in [3.05, 3.63) is 60.5 Å². The molecule has 1 amide bonds. The maximum absolute atomic E-state index is 14.0. The second-order valence-corrected chi connectivity index (χ2v) is 5.61. The van der Waals surface area contributed by atoms with Crippen molar-refractivity contribution < 1.29 is 14.3 Å². The fraction of sp³-hybridized carbons (Fsp3) is 0.0526. The first-order valence-corrected chi connectivity index (χ1v) is 8.25. The summed E-state index contributed by atoms with van der Waals surface area (Å²) in [4.78, 5) is 23.3. The van der Waals surface area contributed by atoms with Gasteiger partial charge < -0.3 is 21.1 Å². The van der Waals surface area contributed by atoms with Gasteiger partial charge in [-0.15, -0.1) is 0 Å². The number of rotatable bonds is 6. The fourth-order valence-corrected chi connectivity index (χ4v) is 2.23. The number of nitrogens with one attached hydrogen (secondary N) is 3. The largest absolute Gasteiger partial charge is 0.508 e. The summed E-state index contributed by atoms with van der Waals surface area (Å²) in [5.74, 6) is -0.791. The molecule has 3 aromatic rings. The molecular weight excluding hydrogens is 363 g/mol. The van der Waals surface area contributed by atoms with E-state index in [-0.39, 0.29) is 23.4 Å². The Labute approximate surface area is 160 Å². The molecule has 0 aliphatic heterocycles. The van der Waals surface area contributed by atoms with Crippen molar-refractivity contribution in [3.8, 4) is 5.75 Å². The van der Waals surface area contributed by atoms with Crippen molar-refractivity contribution in [3.63, 3.8) is 0 Å². The van der Waals surface area contributed by atoms with Gasteiger partial charge in [0.1, 0.15) is 5.75 Å². The number of nitrogens with zero attached hydrogens (tertiary/aromatic N) is 3. The first-order valence-electron chi connectivity index (χ1n) is 8.25. The standard InChI is InChI=1S/C19H17FN6O2/c1-21-17(28)11-22-12-4-2-5-13(8-12)25-19-23-10-16(20)18(26-19)24-14-6-3-7-15(27)9-14/h2-11,27H,1H3,(H,21,28)(H2,23,24,25,26). The molecule has 8 nitrogen and oxygen atoms in total. The number of carbonyl (C=O) groups is 1. The molecule has 9 heteroatoms. The molecule has 0 spiro atoms. The Bertz CT molecular complexity index is 1020. The monoisotopic (exact) mass is 380 g/mol. The molecule has 0 saturated carbocycles. The summed E-state index contributed by atoms with van der Waals surface area (Å²) < 4.78 is 14.0. The molecule has 1 heterocycles. The number of halogens is 1. The van der Waals surface area contributed by atoms with Gasteiger partial charge in [-0.25, -0.2) is 9.37 Å². The normalized spacial score (nSPS) is 10.6. The number of aromatic nitrogens is 2. The van der Waals surface area contributed by atoms with Crippen molar-refractivity contribution in [2.75, 3.05) is 17.7 Å². The molecule has 3 rings (SSSR count). The lowest BCUT2D eigenvalue weighted by Crippen LogP contribution is -2.18. The number of amides is 1. The average molecular weight is 380 g/mol. The van der Waals surface area contributed by atoms with Crippen LogP contribution >= 0.6 is 0 Å². The second kappa shape index (κ2) is 8.58. The van der Waals surface area contributed by atoms with E-state index in [0.717, 1.165) is 6.20 Å². The molecule has 0 radical (unpaired) electrons. The van der Waals surface area contributed by atoms with Crippen LogP contribution in [-0.2, 0) is 4.79 Å². The highest BCUT2D eigenvalue weighted by molar-refractivity contribution is 6.26. The summed E-state index contributed by atoms with van der Waals surface area (Å²) in [6.07, 6.45) is 2.21. The average Bonchev–Trinajstić information content (AvgIpc) is 2.69. The van der Waals surface area contributed by atoms with E-state index in [9.17, 15) is 14.3 Å². The van der Waals surface area contributed by atoms with E-state index in [1.54, 1.807) is 36.4 Å². The van der Waals surface area contributed by atoms with Crippen molar-refractivity contribution >= 4 is 41.0 Å². The number of anilines is 4. The number of aliphatic imine (C=N–C) groups is 1. The fourth-order valence-electron chi connectivity index (χ4n) is 2.23. The van der Waals surface area contributed by atoms with Crippen LogP contribution in [-0.4, -0.2) is 34.2 Å². The Kier molecular flexibility index (Phi) is 5.75. The third-order valence-electron chi connectivity index (χ3n) is 3.53. The summed E-state index contributed by atoms with van der Waals surface area (Å²) in [6, 6.07) is 13.2. The molecule has 0 aliphatic carbocycles. The summed E-state index contributed by atoms with van der Waals surface area (Å²) in [5.41, 5.74) is 1.64. The number of carbonyl (C=O) groups excluding carboxylic acids is 1. The Hall–Kier alpha value is -4.01. The van der Waals surface area contributed by atoms with Crippen LogP contribution in [0.2, 0.25) is 0 Å². The Balaban J connectivity index is 1.78. The Morgan fingerprint density at radius 1 is 1.14 bits per heavy atom. The Morgan fingerprint density at radius 3 is 2.64 bits per heavy atom. The first kappa shape index (κ1) is 18.8. The van der Waals surface area contributed by atoms with Gasteiger partial charge in [0.15, 0.2) is 11.6 Å². The van der Waals surface area contributed by atoms with Gasteiger partial charge >= 0.3 is 0 Å². The molecule has 0 fully saturated rings. The molecule has 0 saturated heterocycles. The predicted octanol–water partition coefficient (Wildman–Crippen LogP) is 3.26. The number of benzene rings is 2. The molecule has 2 aromatic carbocycles. The molecular formula is C19H17FN6O2. The lowest BCUT2D eigenvalue weighted by atomic mass is 10.3. The van der Waals surface area contributed by atoms with Crippen molar-refractivity contribution in [1.29, 1.82) is 0 Å². The number of phenolic OH excluding ortho intramolecular Hbond substituents is 1. The van der Waals surface area contributed by atoms with E-state index in [4.69, 9.17) is 0 Å². The molecule has 4 N–H and O–H groups in total. The van der Waals surface area contributed by atoms with Crippen LogP contribution in [0.1, 0.15) is 0 Å². The van der Waals surface area contributed by atoms with E-state index in [1.807, 2.05) is 0 Å². The minimum Gasteiger partial charge on any atom is -0.508 e. The smallest absolute Gasteiger partial charge is 0.262 e. The third-order valence-corrected chi connectivity index (χ3v) is 3.53. The van der Waals surface area contributed by atoms with Crippen LogP contribution in [0.15, 0.2) is 59.7 Å². The summed E-state index contributed by atoms with van der Waals surface area (Å²) >= 11 is 0. The van der Waals surface area contributed by atoms with Gasteiger partial charge in [0.2, 0.25) is 5.95 Å². The number of aromatic hydroxyl groups is 1. The van der Waals surface area contributed by atoms with Crippen molar-refractivity contribution in [2.24, 2.45) is 4.99 Å². The van der Waals surface area contributed by atoms with Gasteiger partial charge in [0.25, 0.3) is 5.91 Å². The Morgan fingerprint density at radius 2 is 1.89 bits per heavy atom. The zero-order valence-electron chi connectivity index (χ0n) is 14.8. The minimum atomic E-state index is -0.641. The SMILES string of the molecule is CNC(=O)C=Nc1cccc(Nc2ncc(F)c(Nc3cccc(O)c3)n2)c1. The second-order valence-electron chi connectivity index (χ2n) is 5.61. The van der Waals surface area contributed by atoms with Crippen molar-refractivity contribution in [2.45, 2.75) is 0 Å². The van der Waals surface area contributed by atoms with Gasteiger partial charge in [-0.05, 0) is 30.3 Å². The quantitative estimate of drug-likeness (QED) is 0.489. The third kappa shape index (κ3) is 5.01. The van der Waals surface area contributed by atoms with Gasteiger partial charge in [-0.1, -0.05) is 12.1 Å². The zero-order valence-corrected chi connectivity index (χ0v) is 14.8. The van der Waals surface area contributed by atoms with Gasteiger partial charge in [0.05, 0.1) is 18.1 Å². The highest BCUT2D eigenvalue weighted by Crippen LogP contribution is 2.24. The lowest BCUT2D eigenvalue weighted by molar-refractivity contribution is -0.113. The maximum atomic E-state index is 14.0. The molecule has 0 atom stereocenters. The van der Waals surface area contributed by atoms with E-state index >= 15 is 0 Å². The number of hydrogen-bond donors (Lipinski definition) is 4. The topological polar surface area (TPSA) is 112 Å². The summed E-state index contributed by atoms with van der Waals surface area (Å²) in [6.45, 7) is 0. The van der Waals surface area contributed by atoms with Gasteiger partial charge in [-0.3, -0.25) is 9.79 Å². The molecule has 0 aliphatic rings. The highest BCUT2D eigenvalue weighted by Gasteiger charge is 2.08. The highest BCUT2D eigenvalue weighted by atomic mass is 19.1. The maximum Gasteiger partial charge on any atom is 0.262 e. The molecule has 142 valence electrons. The molecule has 0 unspecified atom stereocenters. The van der Waals surface area contributed by atoms with E-state index in [1.165, 1.54) is 25.4 Å². The van der Waals surface area contributed by atoms with E-state index in [2.05, 4.69) is 30.9 Å². The summed E-state index contributed by atoms with van der Waals surface area (Å²) in [7, 11) is 1.51. The zero-order chi connectivity index (χ0) is 19.9. The summed E-state index contributed by atoms with van der Waals surface area (Å²) in [5, 5.41) is 17.7. The first-order chi connectivity index (χ1) is 13.5. The molecule has 28 heavy (non-hydrogen) atoms. The molecule has 0 bridgehead atoms. The van der Waals surface area contributed by atoms with Crippen molar-refractivity contribution in [1.82, 2.24) is 15.3 Å². The number of hydrogen-bond acceptors (Lipinski definition) is 7. The minimum absolute atomic E-state index is 0.0445. The van der Waals surface area contributed by atoms with E-state index < -0.39 is 5.82 Å². The molecule has 1 aromatic heterocycles. The van der Waals surface area contributed by atoms with Crippen LogP contribution in [0.25, 0.3) is 0 Å². The van der Waals surface area contributed by atoms with Crippen LogP contribution in [0, 0.1) is 5.82 Å². The lowest BCUT2D eigenvalue weighted by Gasteiger charge is -2.10. The van der Waals surface area contributed by atoms with Crippen LogP contribution < -0.4 is 16.0 Å². The van der Waals surface area contributed by atoms with Crippen LogP contribution in [0.5, 0.6) is 5.75 Å². The van der Waals surface area contributed by atoms with Gasteiger partial charge in [-0.2, -0.15) is 4.98 Å². The predicted molar refractivity (Wildman–Crippen MR) is 105 cm³/mol. The van der Waals surface area contributed by atoms with Gasteiger partial charge in [0, 0.05) is 24.5 Å². The number of phenols is 1. The van der Waals surface area contributed by atoms with Crippen LogP contribution in [0.4, 0.5) is 33.2 Å². The van der Waals surface area contributed by atoms with E-state index in [0.29, 0.717) is 17.1 Å².